The van der Waals surface area contributed by atoms with Crippen LogP contribution in [0.4, 0.5) is 5.69 Å². The van der Waals surface area contributed by atoms with Gasteiger partial charge in [-0.15, -0.1) is 0 Å². The van der Waals surface area contributed by atoms with Crippen molar-refractivity contribution >= 4 is 22.6 Å². The fourth-order valence-corrected chi connectivity index (χ4v) is 4.76. The fourth-order valence-electron chi connectivity index (χ4n) is 4.76. The van der Waals surface area contributed by atoms with Crippen molar-refractivity contribution < 1.29 is 19.0 Å². The van der Waals surface area contributed by atoms with Crippen LogP contribution < -0.4 is 15.6 Å². The van der Waals surface area contributed by atoms with E-state index < -0.39 is 5.91 Å². The first-order valence-corrected chi connectivity index (χ1v) is 10.7. The standard InChI is InChI=1S/C22H23N5O5/c1-30-12-22-9-21(10-22,11-31-22)27-8-13-7-15(18(28)24-16-3-2-6-23-19(16)29)20(25-17(13)26-27)32-14-4-5-14/h2-3,6-8,14H,4-5,9-12H2,1H3,(H,23,29)(H,24,28). The summed E-state index contributed by atoms with van der Waals surface area (Å²) in [6.45, 7) is 1.13. The first kappa shape index (κ1) is 19.4. The van der Waals surface area contributed by atoms with Gasteiger partial charge in [-0.3, -0.25) is 14.3 Å². The molecule has 166 valence electrons. The molecule has 2 saturated carbocycles. The predicted molar refractivity (Wildman–Crippen MR) is 114 cm³/mol. The van der Waals surface area contributed by atoms with Crippen LogP contribution in [0.15, 0.2) is 35.4 Å². The number of H-pyrrole nitrogens is 1. The number of amides is 1. The minimum atomic E-state index is -0.454. The van der Waals surface area contributed by atoms with Gasteiger partial charge in [-0.1, -0.05) is 0 Å². The number of aromatic amines is 1. The maximum absolute atomic E-state index is 13.0. The van der Waals surface area contributed by atoms with Crippen LogP contribution in [0.3, 0.4) is 0 Å². The van der Waals surface area contributed by atoms with Gasteiger partial charge in [-0.25, -0.2) is 0 Å². The van der Waals surface area contributed by atoms with Crippen molar-refractivity contribution in [3.63, 3.8) is 0 Å². The maximum Gasteiger partial charge on any atom is 0.271 e. The number of pyridine rings is 2. The summed E-state index contributed by atoms with van der Waals surface area (Å²) < 4.78 is 19.2. The van der Waals surface area contributed by atoms with E-state index in [1.807, 2.05) is 10.9 Å². The highest BCUT2D eigenvalue weighted by Crippen LogP contribution is 2.56. The molecule has 32 heavy (non-hydrogen) atoms. The molecule has 10 nitrogen and oxygen atoms in total. The number of nitrogens with one attached hydrogen (secondary N) is 2. The number of hydrogen-bond acceptors (Lipinski definition) is 7. The molecule has 7 rings (SSSR count). The Balaban J connectivity index is 1.34. The van der Waals surface area contributed by atoms with Crippen molar-refractivity contribution in [3.05, 3.63) is 46.5 Å². The van der Waals surface area contributed by atoms with E-state index in [9.17, 15) is 9.59 Å². The predicted octanol–water partition coefficient (Wildman–Crippen LogP) is 1.82. The van der Waals surface area contributed by atoms with Gasteiger partial charge in [0.2, 0.25) is 5.88 Å². The molecule has 2 aliphatic carbocycles. The van der Waals surface area contributed by atoms with E-state index in [0.717, 1.165) is 31.1 Å². The molecule has 0 radical (unpaired) electrons. The number of ether oxygens (including phenoxy) is 3. The summed E-state index contributed by atoms with van der Waals surface area (Å²) in [4.78, 5) is 32.1. The molecule has 1 amide bonds. The highest BCUT2D eigenvalue weighted by atomic mass is 16.6. The second-order valence-electron chi connectivity index (χ2n) is 8.99. The van der Waals surface area contributed by atoms with Crippen LogP contribution >= 0.6 is 0 Å². The topological polar surface area (TPSA) is 120 Å². The van der Waals surface area contributed by atoms with Crippen molar-refractivity contribution in [1.82, 2.24) is 19.7 Å². The number of hydrogen-bond donors (Lipinski definition) is 2. The van der Waals surface area contributed by atoms with Gasteiger partial charge in [0.25, 0.3) is 11.5 Å². The van der Waals surface area contributed by atoms with Gasteiger partial charge in [-0.2, -0.15) is 10.1 Å². The number of fused-ring (bicyclic) bond motifs is 2. The molecule has 0 aromatic carbocycles. The first-order chi connectivity index (χ1) is 15.5. The van der Waals surface area contributed by atoms with E-state index in [1.165, 1.54) is 6.20 Å². The summed E-state index contributed by atoms with van der Waals surface area (Å²) >= 11 is 0. The van der Waals surface area contributed by atoms with Gasteiger partial charge in [0.15, 0.2) is 5.65 Å². The summed E-state index contributed by atoms with van der Waals surface area (Å²) in [5, 5.41) is 8.09. The van der Waals surface area contributed by atoms with E-state index in [2.05, 4.69) is 15.3 Å². The van der Waals surface area contributed by atoms with Crippen LogP contribution in [0.5, 0.6) is 5.88 Å². The van der Waals surface area contributed by atoms with E-state index in [-0.39, 0.29) is 39.9 Å². The molecule has 0 atom stereocenters. The summed E-state index contributed by atoms with van der Waals surface area (Å²) in [6.07, 6.45) is 6.98. The van der Waals surface area contributed by atoms with Crippen LogP contribution in [0.1, 0.15) is 36.0 Å². The Morgan fingerprint density at radius 3 is 3.00 bits per heavy atom. The lowest BCUT2D eigenvalue weighted by molar-refractivity contribution is -0.0694. The zero-order valence-electron chi connectivity index (χ0n) is 17.6. The van der Waals surface area contributed by atoms with E-state index >= 15 is 0 Å². The fraction of sp³-hybridized carbons (Fsp3) is 0.455. The Morgan fingerprint density at radius 2 is 2.25 bits per heavy atom. The van der Waals surface area contributed by atoms with Gasteiger partial charge in [-0.05, 0) is 31.0 Å². The second kappa shape index (κ2) is 6.88. The largest absolute Gasteiger partial charge is 0.474 e. The molecule has 4 aliphatic rings. The van der Waals surface area contributed by atoms with Gasteiger partial charge >= 0.3 is 0 Å². The normalized spacial score (nSPS) is 26.2. The highest BCUT2D eigenvalue weighted by molar-refractivity contribution is 6.07. The number of methoxy groups -OCH3 is 1. The third-order valence-corrected chi connectivity index (χ3v) is 6.42. The lowest BCUT2D eigenvalue weighted by Crippen LogP contribution is -2.53. The molecular weight excluding hydrogens is 414 g/mol. The lowest BCUT2D eigenvalue weighted by atomic mass is 9.69. The molecule has 10 heteroatoms. The first-order valence-electron chi connectivity index (χ1n) is 10.7. The van der Waals surface area contributed by atoms with E-state index in [0.29, 0.717) is 18.9 Å². The van der Waals surface area contributed by atoms with Crippen molar-refractivity contribution in [2.45, 2.75) is 42.9 Å². The summed E-state index contributed by atoms with van der Waals surface area (Å²) in [7, 11) is 1.68. The van der Waals surface area contributed by atoms with Gasteiger partial charge in [0.05, 0.1) is 24.4 Å². The molecule has 4 fully saturated rings. The molecule has 5 heterocycles. The molecule has 2 bridgehead atoms. The van der Waals surface area contributed by atoms with Gasteiger partial charge < -0.3 is 24.5 Å². The average Bonchev–Trinajstić information content (AvgIpc) is 3.18. The van der Waals surface area contributed by atoms with Crippen molar-refractivity contribution in [3.8, 4) is 5.88 Å². The number of carbonyl (C=O) groups is 1. The quantitative estimate of drug-likeness (QED) is 0.578. The molecular formula is C22H23N5O5. The van der Waals surface area contributed by atoms with Crippen molar-refractivity contribution in [2.24, 2.45) is 0 Å². The number of rotatable bonds is 7. The molecule has 0 spiro atoms. The summed E-state index contributed by atoms with van der Waals surface area (Å²) in [5.74, 6) is -0.220. The third-order valence-electron chi connectivity index (χ3n) is 6.42. The van der Waals surface area contributed by atoms with Crippen LogP contribution in [0, 0.1) is 0 Å². The molecule has 3 aromatic rings. The average molecular weight is 437 g/mol. The Kier molecular flexibility index (Phi) is 4.18. The Bertz CT molecular complexity index is 1270. The van der Waals surface area contributed by atoms with Crippen molar-refractivity contribution in [2.75, 3.05) is 25.6 Å². The number of anilines is 1. The smallest absolute Gasteiger partial charge is 0.271 e. The molecule has 0 unspecified atom stereocenters. The number of carbonyl (C=O) groups excluding carboxylic acids is 1. The van der Waals surface area contributed by atoms with E-state index in [1.54, 1.807) is 25.3 Å². The van der Waals surface area contributed by atoms with Crippen molar-refractivity contribution in [1.29, 1.82) is 0 Å². The van der Waals surface area contributed by atoms with E-state index in [4.69, 9.17) is 19.3 Å². The minimum absolute atomic E-state index is 0.0526. The van der Waals surface area contributed by atoms with Gasteiger partial charge in [0.1, 0.15) is 17.4 Å². The molecule has 2 saturated heterocycles. The number of aromatic nitrogens is 4. The lowest BCUT2D eigenvalue weighted by Gasteiger charge is -2.43. The third kappa shape index (κ3) is 3.09. The molecule has 2 N–H and O–H groups in total. The second-order valence-corrected chi connectivity index (χ2v) is 8.99. The SMILES string of the molecule is COCC12CC(n3cc4cc(C(=O)Nc5ccc[nH]c5=O)c(OC5CC5)nc4n3)(CO1)C2. The Labute approximate surface area is 182 Å². The monoisotopic (exact) mass is 437 g/mol. The van der Waals surface area contributed by atoms with Crippen LogP contribution in [-0.2, 0) is 15.0 Å². The molecule has 2 aliphatic heterocycles. The van der Waals surface area contributed by atoms with Gasteiger partial charge in [0, 0.05) is 37.7 Å². The molecule has 3 aromatic heterocycles. The Morgan fingerprint density at radius 1 is 1.41 bits per heavy atom. The zero-order chi connectivity index (χ0) is 21.9. The Hall–Kier alpha value is -3.24. The van der Waals surface area contributed by atoms with Crippen LogP contribution in [0.25, 0.3) is 11.0 Å². The summed E-state index contributed by atoms with van der Waals surface area (Å²) in [6, 6.07) is 4.92. The van der Waals surface area contributed by atoms with Crippen LogP contribution in [0.2, 0.25) is 0 Å². The number of nitrogens with zero attached hydrogens (tertiary/aromatic N) is 3. The maximum atomic E-state index is 13.0. The minimum Gasteiger partial charge on any atom is -0.474 e. The van der Waals surface area contributed by atoms with Crippen LogP contribution in [-0.4, -0.2) is 57.7 Å². The summed E-state index contributed by atoms with van der Waals surface area (Å²) in [5.41, 5.74) is 0.133. The highest BCUT2D eigenvalue weighted by Gasteiger charge is 2.64. The zero-order valence-corrected chi connectivity index (χ0v) is 17.6.